The molecule has 2 nitrogen and oxygen atoms in total. The van der Waals surface area contributed by atoms with Crippen molar-refractivity contribution in [2.24, 2.45) is 12.5 Å². The van der Waals surface area contributed by atoms with Crippen molar-refractivity contribution < 1.29 is 4.57 Å². The maximum absolute atomic E-state index is 2.51. The predicted molar refractivity (Wildman–Crippen MR) is 136 cm³/mol. The Morgan fingerprint density at radius 2 is 1.84 bits per heavy atom. The Morgan fingerprint density at radius 3 is 2.62 bits per heavy atom. The molecule has 0 saturated heterocycles. The Morgan fingerprint density at radius 1 is 1.03 bits per heavy atom. The second-order valence-corrected chi connectivity index (χ2v) is 11.2. The molecule has 0 fully saturated rings. The average molecular weight is 422 g/mol. The number of fused-ring (bicyclic) bond motifs is 3. The molecule has 1 aliphatic heterocycles. The van der Waals surface area contributed by atoms with E-state index in [1.54, 1.807) is 5.56 Å². The molecule has 162 valence electrons. The maximum Gasteiger partial charge on any atom is 0.224 e. The fraction of sp³-hybridized carbons (Fsp3) is 0.367. The normalized spacial score (nSPS) is 14.9. The van der Waals surface area contributed by atoms with Crippen LogP contribution < -0.4 is 9.47 Å². The van der Waals surface area contributed by atoms with Crippen molar-refractivity contribution in [2.45, 2.75) is 53.4 Å². The molecule has 3 aromatic carbocycles. The third kappa shape index (κ3) is 2.68. The zero-order valence-corrected chi connectivity index (χ0v) is 20.3. The first-order valence-electron chi connectivity index (χ1n) is 12.0. The summed E-state index contributed by atoms with van der Waals surface area (Å²) >= 11 is 0. The van der Waals surface area contributed by atoms with Crippen LogP contribution in [0.4, 0.5) is 11.4 Å². The molecule has 1 aromatic heterocycles. The van der Waals surface area contributed by atoms with E-state index in [9.17, 15) is 0 Å². The molecule has 0 N–H and O–H groups in total. The second-order valence-electron chi connectivity index (χ2n) is 11.2. The summed E-state index contributed by atoms with van der Waals surface area (Å²) in [5.41, 5.74) is 11.8. The molecule has 0 unspecified atom stereocenters. The Bertz CT molecular complexity index is 1440. The van der Waals surface area contributed by atoms with Crippen LogP contribution in [-0.2, 0) is 26.3 Å². The summed E-state index contributed by atoms with van der Waals surface area (Å²) in [6.45, 7) is 9.33. The fourth-order valence-corrected chi connectivity index (χ4v) is 6.36. The van der Waals surface area contributed by atoms with E-state index < -0.39 is 0 Å². The molecular weight excluding hydrogens is 388 g/mol. The standard InChI is InChI=1S/C30H33N2/c1-18-22-11-7-9-20-10-8-12-23(26(20)22)28-25(18)29-27-21(13-14-31(29)5)15-19(17-30(2,3)4)16-24(27)32(28)6/h7,9,11,13-16H,8,10,12,17H2,1-6H3/q+1. The number of hydrogen-bond acceptors (Lipinski definition) is 1. The van der Waals surface area contributed by atoms with Crippen LogP contribution in [-0.4, -0.2) is 7.05 Å². The molecule has 6 rings (SSSR count). The highest BCUT2D eigenvalue weighted by atomic mass is 15.1. The molecular formula is C30H33N2+. The van der Waals surface area contributed by atoms with E-state index in [0.717, 1.165) is 12.8 Å². The van der Waals surface area contributed by atoms with Crippen molar-refractivity contribution in [3.05, 3.63) is 64.8 Å². The zero-order valence-electron chi connectivity index (χ0n) is 20.3. The quantitative estimate of drug-likeness (QED) is 0.302. The number of nitrogens with zero attached hydrogens (tertiary/aromatic N) is 2. The summed E-state index contributed by atoms with van der Waals surface area (Å²) in [5.74, 6) is 0. The van der Waals surface area contributed by atoms with Gasteiger partial charge in [-0.25, -0.2) is 4.57 Å². The van der Waals surface area contributed by atoms with Gasteiger partial charge in [0.25, 0.3) is 0 Å². The molecule has 2 heteroatoms. The highest BCUT2D eigenvalue weighted by Crippen LogP contribution is 2.52. The van der Waals surface area contributed by atoms with Gasteiger partial charge in [-0.15, -0.1) is 0 Å². The number of rotatable bonds is 1. The maximum atomic E-state index is 2.51. The molecule has 0 radical (unpaired) electrons. The predicted octanol–water partition coefficient (Wildman–Crippen LogP) is 6.95. The minimum absolute atomic E-state index is 0.265. The van der Waals surface area contributed by atoms with Gasteiger partial charge in [0.2, 0.25) is 5.69 Å². The van der Waals surface area contributed by atoms with Gasteiger partial charge in [0.05, 0.1) is 22.3 Å². The number of hydrogen-bond donors (Lipinski definition) is 0. The van der Waals surface area contributed by atoms with Gasteiger partial charge in [0, 0.05) is 13.1 Å². The van der Waals surface area contributed by atoms with Crippen LogP contribution in [0.1, 0.15) is 49.4 Å². The zero-order chi connectivity index (χ0) is 22.4. The molecule has 32 heavy (non-hydrogen) atoms. The van der Waals surface area contributed by atoms with Gasteiger partial charge < -0.3 is 4.90 Å². The lowest BCUT2D eigenvalue weighted by Gasteiger charge is -2.35. The lowest BCUT2D eigenvalue weighted by atomic mass is 9.80. The van der Waals surface area contributed by atoms with Crippen molar-refractivity contribution in [1.82, 2.24) is 0 Å². The topological polar surface area (TPSA) is 7.12 Å². The van der Waals surface area contributed by atoms with Crippen molar-refractivity contribution in [3.63, 3.8) is 0 Å². The van der Waals surface area contributed by atoms with Gasteiger partial charge in [-0.3, -0.25) is 0 Å². The Labute approximate surface area is 191 Å². The van der Waals surface area contributed by atoms with Crippen molar-refractivity contribution >= 4 is 32.9 Å². The van der Waals surface area contributed by atoms with E-state index >= 15 is 0 Å². The van der Waals surface area contributed by atoms with Crippen LogP contribution in [0.2, 0.25) is 0 Å². The van der Waals surface area contributed by atoms with Crippen LogP contribution in [0.25, 0.3) is 32.8 Å². The molecule has 2 aliphatic rings. The van der Waals surface area contributed by atoms with Crippen LogP contribution in [0, 0.1) is 12.3 Å². The van der Waals surface area contributed by atoms with Gasteiger partial charge in [-0.05, 0) is 82.5 Å². The minimum Gasteiger partial charge on any atom is -0.343 e. The molecule has 0 atom stereocenters. The molecule has 0 saturated carbocycles. The van der Waals surface area contributed by atoms with Gasteiger partial charge in [0.15, 0.2) is 6.20 Å². The first-order valence-corrected chi connectivity index (χ1v) is 12.0. The van der Waals surface area contributed by atoms with Crippen molar-refractivity contribution in [1.29, 1.82) is 0 Å². The summed E-state index contributed by atoms with van der Waals surface area (Å²) in [4.78, 5) is 2.51. The van der Waals surface area contributed by atoms with E-state index in [1.807, 2.05) is 0 Å². The average Bonchev–Trinajstić information content (AvgIpc) is 2.74. The minimum atomic E-state index is 0.265. The Hall–Kier alpha value is -2.87. The van der Waals surface area contributed by atoms with Crippen LogP contribution in [0.15, 0.2) is 42.6 Å². The van der Waals surface area contributed by atoms with Gasteiger partial charge in [0.1, 0.15) is 7.05 Å². The lowest BCUT2D eigenvalue weighted by molar-refractivity contribution is -0.659. The van der Waals surface area contributed by atoms with E-state index in [4.69, 9.17) is 0 Å². The van der Waals surface area contributed by atoms with E-state index in [1.165, 1.54) is 73.7 Å². The van der Waals surface area contributed by atoms with Crippen LogP contribution >= 0.6 is 0 Å². The third-order valence-electron chi connectivity index (χ3n) is 7.57. The van der Waals surface area contributed by atoms with E-state index in [-0.39, 0.29) is 5.41 Å². The number of aromatic nitrogens is 1. The number of aryl methyl sites for hydroxylation is 4. The fourth-order valence-electron chi connectivity index (χ4n) is 6.36. The molecule has 4 aromatic rings. The largest absolute Gasteiger partial charge is 0.343 e. The van der Waals surface area contributed by atoms with Gasteiger partial charge in [-0.1, -0.05) is 45.0 Å². The molecule has 2 heterocycles. The molecule has 0 spiro atoms. The number of anilines is 2. The molecule has 0 bridgehead atoms. The monoisotopic (exact) mass is 421 g/mol. The Balaban J connectivity index is 1.77. The highest BCUT2D eigenvalue weighted by Gasteiger charge is 2.35. The van der Waals surface area contributed by atoms with Crippen LogP contribution in [0.3, 0.4) is 0 Å². The third-order valence-corrected chi connectivity index (χ3v) is 7.57. The summed E-state index contributed by atoms with van der Waals surface area (Å²) in [7, 11) is 4.51. The molecule has 1 aliphatic carbocycles. The number of pyridine rings is 1. The van der Waals surface area contributed by atoms with Crippen LogP contribution in [0.5, 0.6) is 0 Å². The number of benzene rings is 3. The van der Waals surface area contributed by atoms with E-state index in [2.05, 4.69) is 93.9 Å². The highest BCUT2D eigenvalue weighted by molar-refractivity contribution is 6.14. The van der Waals surface area contributed by atoms with Gasteiger partial charge >= 0.3 is 0 Å². The first-order chi connectivity index (χ1) is 15.2. The van der Waals surface area contributed by atoms with Gasteiger partial charge in [-0.2, -0.15) is 0 Å². The first kappa shape index (κ1) is 19.8. The smallest absolute Gasteiger partial charge is 0.224 e. The summed E-state index contributed by atoms with van der Waals surface area (Å²) < 4.78 is 2.35. The summed E-state index contributed by atoms with van der Waals surface area (Å²) in [5, 5.41) is 5.71. The van der Waals surface area contributed by atoms with Crippen molar-refractivity contribution in [2.75, 3.05) is 11.9 Å². The lowest BCUT2D eigenvalue weighted by Crippen LogP contribution is -2.34. The van der Waals surface area contributed by atoms with Crippen molar-refractivity contribution in [3.8, 4) is 11.3 Å². The second kappa shape index (κ2) is 6.57. The Kier molecular flexibility index (Phi) is 4.06. The molecule has 0 amide bonds. The SMILES string of the molecule is Cc1c2c(c3c4c(cccc14)CCC3)N(C)c1cc(CC(C)(C)C)cc3cc[n+](C)c-2c13. The summed E-state index contributed by atoms with van der Waals surface area (Å²) in [6, 6.07) is 14.1. The summed E-state index contributed by atoms with van der Waals surface area (Å²) in [6.07, 6.45) is 6.94. The van der Waals surface area contributed by atoms with E-state index in [0.29, 0.717) is 0 Å².